The van der Waals surface area contributed by atoms with Gasteiger partial charge in [0.15, 0.2) is 0 Å². The predicted octanol–water partition coefficient (Wildman–Crippen LogP) is 2.76. The van der Waals surface area contributed by atoms with Crippen LogP contribution in [0, 0.1) is 17.8 Å². The van der Waals surface area contributed by atoms with E-state index in [0.717, 1.165) is 30.9 Å². The van der Waals surface area contributed by atoms with Gasteiger partial charge in [-0.1, -0.05) is 20.8 Å². The predicted molar refractivity (Wildman–Crippen MR) is 85.0 cm³/mol. The molecule has 0 bridgehead atoms. The van der Waals surface area contributed by atoms with Gasteiger partial charge in [0.25, 0.3) is 0 Å². The van der Waals surface area contributed by atoms with Crippen molar-refractivity contribution in [3.05, 3.63) is 0 Å². The second-order valence-electron chi connectivity index (χ2n) is 7.27. The highest BCUT2D eigenvalue weighted by Crippen LogP contribution is 2.35. The van der Waals surface area contributed by atoms with Crippen molar-refractivity contribution in [3.63, 3.8) is 0 Å². The molecule has 1 aliphatic carbocycles. The lowest BCUT2D eigenvalue weighted by atomic mass is 9.72. The summed E-state index contributed by atoms with van der Waals surface area (Å²) in [6.45, 7) is 12.6. The first-order valence-corrected chi connectivity index (χ1v) is 8.58. The van der Waals surface area contributed by atoms with Crippen molar-refractivity contribution >= 4 is 0 Å². The molecule has 0 aromatic carbocycles. The summed E-state index contributed by atoms with van der Waals surface area (Å²) < 4.78 is 5.84. The normalized spacial score (nSPS) is 43.6. The van der Waals surface area contributed by atoms with Gasteiger partial charge in [0.2, 0.25) is 0 Å². The molecule has 0 aromatic rings. The van der Waals surface area contributed by atoms with Gasteiger partial charge in [-0.05, 0) is 51.0 Å². The molecule has 2 fully saturated rings. The van der Waals surface area contributed by atoms with Crippen LogP contribution in [0.3, 0.4) is 0 Å². The van der Waals surface area contributed by atoms with Crippen LogP contribution in [0.2, 0.25) is 0 Å². The van der Waals surface area contributed by atoms with E-state index in [0.29, 0.717) is 18.2 Å². The standard InChI is InChI=1S/C17H34N2O/c1-6-15-11-20-14(4)9-19(15)10-16-13(3)7-12(2)8-17(16)18-5/h12-18H,6-11H2,1-5H3. The minimum atomic E-state index is 0.392. The third-order valence-corrected chi connectivity index (χ3v) is 5.55. The first-order chi connectivity index (χ1) is 9.55. The fourth-order valence-electron chi connectivity index (χ4n) is 4.33. The number of nitrogens with zero attached hydrogens (tertiary/aromatic N) is 1. The molecular weight excluding hydrogens is 248 g/mol. The molecule has 6 unspecified atom stereocenters. The van der Waals surface area contributed by atoms with E-state index in [-0.39, 0.29) is 0 Å². The first kappa shape index (κ1) is 16.3. The van der Waals surface area contributed by atoms with E-state index < -0.39 is 0 Å². The van der Waals surface area contributed by atoms with Gasteiger partial charge in [-0.25, -0.2) is 0 Å². The molecule has 0 spiro atoms. The molecule has 0 amide bonds. The van der Waals surface area contributed by atoms with E-state index in [1.54, 1.807) is 0 Å². The van der Waals surface area contributed by atoms with Crippen molar-refractivity contribution in [2.45, 2.75) is 65.1 Å². The van der Waals surface area contributed by atoms with Gasteiger partial charge >= 0.3 is 0 Å². The third kappa shape index (κ3) is 3.75. The quantitative estimate of drug-likeness (QED) is 0.858. The van der Waals surface area contributed by atoms with Crippen molar-refractivity contribution in [1.82, 2.24) is 10.2 Å². The zero-order valence-corrected chi connectivity index (χ0v) is 14.1. The van der Waals surface area contributed by atoms with E-state index in [2.05, 4.69) is 45.0 Å². The Morgan fingerprint density at radius 2 is 1.95 bits per heavy atom. The molecule has 118 valence electrons. The zero-order chi connectivity index (χ0) is 14.7. The maximum Gasteiger partial charge on any atom is 0.0674 e. The van der Waals surface area contributed by atoms with E-state index in [4.69, 9.17) is 4.74 Å². The lowest BCUT2D eigenvalue weighted by Gasteiger charge is -2.46. The van der Waals surface area contributed by atoms with Crippen LogP contribution >= 0.6 is 0 Å². The van der Waals surface area contributed by atoms with Crippen LogP contribution < -0.4 is 5.32 Å². The van der Waals surface area contributed by atoms with Gasteiger partial charge in [-0.2, -0.15) is 0 Å². The first-order valence-electron chi connectivity index (χ1n) is 8.58. The minimum Gasteiger partial charge on any atom is -0.376 e. The third-order valence-electron chi connectivity index (χ3n) is 5.55. The zero-order valence-electron chi connectivity index (χ0n) is 14.1. The highest BCUT2D eigenvalue weighted by atomic mass is 16.5. The molecule has 0 radical (unpaired) electrons. The molecule has 6 atom stereocenters. The summed E-state index contributed by atoms with van der Waals surface area (Å²) in [6, 6.07) is 1.31. The lowest BCUT2D eigenvalue weighted by molar-refractivity contribution is -0.0677. The molecule has 1 aliphatic heterocycles. The van der Waals surface area contributed by atoms with E-state index >= 15 is 0 Å². The largest absolute Gasteiger partial charge is 0.376 e. The summed E-state index contributed by atoms with van der Waals surface area (Å²) in [5.41, 5.74) is 0. The number of nitrogens with one attached hydrogen (secondary N) is 1. The van der Waals surface area contributed by atoms with Gasteiger partial charge in [-0.3, -0.25) is 4.90 Å². The summed E-state index contributed by atoms with van der Waals surface area (Å²) >= 11 is 0. The van der Waals surface area contributed by atoms with Gasteiger partial charge in [-0.15, -0.1) is 0 Å². The molecule has 3 nitrogen and oxygen atoms in total. The molecule has 3 heteroatoms. The molecule has 1 heterocycles. The van der Waals surface area contributed by atoms with Crippen LogP contribution in [0.4, 0.5) is 0 Å². The molecule has 2 rings (SSSR count). The van der Waals surface area contributed by atoms with Crippen LogP contribution in [0.1, 0.15) is 47.0 Å². The number of rotatable bonds is 4. The van der Waals surface area contributed by atoms with Crippen LogP contribution in [-0.2, 0) is 4.74 Å². The van der Waals surface area contributed by atoms with Crippen molar-refractivity contribution < 1.29 is 4.74 Å². The average Bonchev–Trinajstić information content (AvgIpc) is 2.41. The summed E-state index contributed by atoms with van der Waals surface area (Å²) in [6.07, 6.45) is 4.32. The Balaban J connectivity index is 2.01. The van der Waals surface area contributed by atoms with E-state index in [1.807, 2.05) is 0 Å². The van der Waals surface area contributed by atoms with Crippen molar-refractivity contribution in [2.75, 3.05) is 26.7 Å². The number of hydrogen-bond donors (Lipinski definition) is 1. The van der Waals surface area contributed by atoms with Crippen molar-refractivity contribution in [1.29, 1.82) is 0 Å². The Bertz CT molecular complexity index is 297. The molecule has 1 saturated carbocycles. The second-order valence-corrected chi connectivity index (χ2v) is 7.27. The monoisotopic (exact) mass is 282 g/mol. The van der Waals surface area contributed by atoms with Crippen molar-refractivity contribution in [3.8, 4) is 0 Å². The highest BCUT2D eigenvalue weighted by Gasteiger charge is 2.36. The Labute approximate surface area is 125 Å². The van der Waals surface area contributed by atoms with Crippen LogP contribution in [0.25, 0.3) is 0 Å². The molecule has 1 saturated heterocycles. The Kier molecular flexibility index (Phi) is 5.88. The molecule has 1 N–H and O–H groups in total. The maximum absolute atomic E-state index is 5.84. The maximum atomic E-state index is 5.84. The fourth-order valence-corrected chi connectivity index (χ4v) is 4.33. The molecule has 2 aliphatic rings. The van der Waals surface area contributed by atoms with Gasteiger partial charge < -0.3 is 10.1 Å². The number of hydrogen-bond acceptors (Lipinski definition) is 3. The smallest absolute Gasteiger partial charge is 0.0674 e. The molecule has 0 aromatic heterocycles. The minimum absolute atomic E-state index is 0.392. The number of ether oxygens (including phenoxy) is 1. The Morgan fingerprint density at radius 3 is 2.60 bits per heavy atom. The molecular formula is C17H34N2O. The summed E-state index contributed by atoms with van der Waals surface area (Å²) in [5, 5.41) is 3.59. The van der Waals surface area contributed by atoms with Gasteiger partial charge in [0, 0.05) is 25.2 Å². The summed E-state index contributed by atoms with van der Waals surface area (Å²) in [4.78, 5) is 2.70. The molecule has 20 heavy (non-hydrogen) atoms. The second kappa shape index (κ2) is 7.24. The van der Waals surface area contributed by atoms with Crippen LogP contribution in [0.15, 0.2) is 0 Å². The Morgan fingerprint density at radius 1 is 1.20 bits per heavy atom. The van der Waals surface area contributed by atoms with Crippen molar-refractivity contribution in [2.24, 2.45) is 17.8 Å². The van der Waals surface area contributed by atoms with Gasteiger partial charge in [0.1, 0.15) is 0 Å². The average molecular weight is 282 g/mol. The topological polar surface area (TPSA) is 24.5 Å². The van der Waals surface area contributed by atoms with E-state index in [9.17, 15) is 0 Å². The summed E-state index contributed by atoms with van der Waals surface area (Å²) in [7, 11) is 2.14. The SMILES string of the molecule is CCC1COC(C)CN1CC1C(C)CC(C)CC1NC. The lowest BCUT2D eigenvalue weighted by Crippen LogP contribution is -2.54. The number of morpholine rings is 1. The van der Waals surface area contributed by atoms with Crippen LogP contribution in [-0.4, -0.2) is 49.8 Å². The summed E-state index contributed by atoms with van der Waals surface area (Å²) in [5.74, 6) is 2.48. The fraction of sp³-hybridized carbons (Fsp3) is 1.00. The Hall–Kier alpha value is -0.120. The highest BCUT2D eigenvalue weighted by molar-refractivity contribution is 4.90. The van der Waals surface area contributed by atoms with E-state index in [1.165, 1.54) is 25.8 Å². The van der Waals surface area contributed by atoms with Crippen LogP contribution in [0.5, 0.6) is 0 Å². The van der Waals surface area contributed by atoms with Gasteiger partial charge in [0.05, 0.1) is 12.7 Å².